The Balaban J connectivity index is 1.36. The van der Waals surface area contributed by atoms with Crippen LogP contribution in [-0.4, -0.2) is 15.9 Å². The number of hydrogen-bond donors (Lipinski definition) is 2. The molecule has 0 spiro atoms. The van der Waals surface area contributed by atoms with E-state index in [1.165, 1.54) is 17.5 Å². The quantitative estimate of drug-likeness (QED) is 0.727. The van der Waals surface area contributed by atoms with E-state index in [2.05, 4.69) is 52.5 Å². The Labute approximate surface area is 147 Å². The van der Waals surface area contributed by atoms with Gasteiger partial charge in [0.25, 0.3) is 0 Å². The molecule has 1 aliphatic carbocycles. The molecule has 4 rings (SSSR count). The molecule has 4 nitrogen and oxygen atoms in total. The van der Waals surface area contributed by atoms with Gasteiger partial charge in [0.2, 0.25) is 5.91 Å². The van der Waals surface area contributed by atoms with Crippen LogP contribution < -0.4 is 5.32 Å². The number of aromatic amines is 1. The number of hydrogen-bond acceptors (Lipinski definition) is 2. The van der Waals surface area contributed by atoms with E-state index in [-0.39, 0.29) is 11.8 Å². The predicted molar refractivity (Wildman–Crippen MR) is 101 cm³/mol. The molecule has 2 aromatic carbocycles. The summed E-state index contributed by atoms with van der Waals surface area (Å²) in [7, 11) is 0. The maximum atomic E-state index is 12.0. The van der Waals surface area contributed by atoms with Gasteiger partial charge in [0.05, 0.1) is 11.0 Å². The average Bonchev–Trinajstić information content (AvgIpc) is 2.94. The maximum absolute atomic E-state index is 12.0. The number of aromatic nitrogens is 2. The normalized spacial score (nSPS) is 14.4. The molecule has 0 unspecified atom stereocenters. The number of aryl methyl sites for hydroxylation is 3. The van der Waals surface area contributed by atoms with Gasteiger partial charge in [0.1, 0.15) is 5.82 Å². The van der Waals surface area contributed by atoms with Crippen molar-refractivity contribution in [2.75, 3.05) is 5.32 Å². The van der Waals surface area contributed by atoms with Crippen molar-refractivity contribution in [3.05, 3.63) is 59.4 Å². The van der Waals surface area contributed by atoms with E-state index in [1.807, 2.05) is 12.1 Å². The van der Waals surface area contributed by atoms with Crippen molar-refractivity contribution >= 4 is 22.6 Å². The van der Waals surface area contributed by atoms with E-state index in [9.17, 15) is 4.79 Å². The largest absolute Gasteiger partial charge is 0.342 e. The first-order chi connectivity index (χ1) is 12.2. The molecule has 1 aliphatic rings. The summed E-state index contributed by atoms with van der Waals surface area (Å²) in [6.45, 7) is 2.09. The zero-order chi connectivity index (χ0) is 17.2. The number of nitrogens with one attached hydrogen (secondary N) is 2. The van der Waals surface area contributed by atoms with Gasteiger partial charge in [0.15, 0.2) is 0 Å². The van der Waals surface area contributed by atoms with Gasteiger partial charge in [-0.2, -0.15) is 0 Å². The minimum Gasteiger partial charge on any atom is -0.342 e. The Kier molecular flexibility index (Phi) is 4.26. The van der Waals surface area contributed by atoms with E-state index in [0.29, 0.717) is 0 Å². The van der Waals surface area contributed by atoms with Gasteiger partial charge in [-0.05, 0) is 61.6 Å². The van der Waals surface area contributed by atoms with Gasteiger partial charge in [0, 0.05) is 18.0 Å². The number of carbonyl (C=O) groups excluding carboxylic acids is 1. The molecule has 128 valence electrons. The lowest BCUT2D eigenvalue weighted by Crippen LogP contribution is -2.27. The Bertz CT molecular complexity index is 891. The molecule has 1 fully saturated rings. The Hall–Kier alpha value is -2.62. The topological polar surface area (TPSA) is 57.8 Å². The fourth-order valence-corrected chi connectivity index (χ4v) is 3.23. The Morgan fingerprint density at radius 1 is 1.16 bits per heavy atom. The second-order valence-corrected chi connectivity index (χ2v) is 7.02. The SMILES string of the molecule is Cc1ccc2nc(CCc3ccc(NC(=O)C4CCC4)cc3)[nH]c2c1. The van der Waals surface area contributed by atoms with Gasteiger partial charge in [-0.25, -0.2) is 4.98 Å². The van der Waals surface area contributed by atoms with Crippen LogP contribution in [0, 0.1) is 12.8 Å². The smallest absolute Gasteiger partial charge is 0.227 e. The molecule has 1 saturated carbocycles. The van der Waals surface area contributed by atoms with Crippen molar-refractivity contribution in [3.8, 4) is 0 Å². The molecule has 0 radical (unpaired) electrons. The fourth-order valence-electron chi connectivity index (χ4n) is 3.23. The Morgan fingerprint density at radius 2 is 1.96 bits per heavy atom. The van der Waals surface area contributed by atoms with Crippen molar-refractivity contribution in [3.63, 3.8) is 0 Å². The highest BCUT2D eigenvalue weighted by molar-refractivity contribution is 5.93. The second-order valence-electron chi connectivity index (χ2n) is 7.02. The molecule has 1 amide bonds. The van der Waals surface area contributed by atoms with E-state index < -0.39 is 0 Å². The highest BCUT2D eigenvalue weighted by atomic mass is 16.1. The van der Waals surface area contributed by atoms with E-state index in [4.69, 9.17) is 0 Å². The summed E-state index contributed by atoms with van der Waals surface area (Å²) < 4.78 is 0. The molecule has 1 heterocycles. The first-order valence-corrected chi connectivity index (χ1v) is 9.02. The van der Waals surface area contributed by atoms with Crippen molar-refractivity contribution in [1.82, 2.24) is 9.97 Å². The third-order valence-electron chi connectivity index (χ3n) is 5.03. The second kappa shape index (κ2) is 6.71. The standard InChI is InChI=1S/C21H23N3O/c1-14-5-11-18-19(13-14)24-20(23-18)12-8-15-6-9-17(10-7-15)22-21(25)16-3-2-4-16/h5-7,9-11,13,16H,2-4,8,12H2,1H3,(H,22,25)(H,23,24). The summed E-state index contributed by atoms with van der Waals surface area (Å²) in [5, 5.41) is 3.01. The number of fused-ring (bicyclic) bond motifs is 1. The molecule has 25 heavy (non-hydrogen) atoms. The zero-order valence-electron chi connectivity index (χ0n) is 14.5. The predicted octanol–water partition coefficient (Wildman–Crippen LogP) is 4.40. The number of rotatable bonds is 5. The lowest BCUT2D eigenvalue weighted by atomic mass is 9.85. The number of amides is 1. The van der Waals surface area contributed by atoms with Gasteiger partial charge in [-0.15, -0.1) is 0 Å². The van der Waals surface area contributed by atoms with Crippen molar-refractivity contribution in [2.24, 2.45) is 5.92 Å². The third-order valence-corrected chi connectivity index (χ3v) is 5.03. The van der Waals surface area contributed by atoms with Crippen LogP contribution >= 0.6 is 0 Å². The third kappa shape index (κ3) is 3.58. The average molecular weight is 333 g/mol. The van der Waals surface area contributed by atoms with Crippen molar-refractivity contribution in [2.45, 2.75) is 39.0 Å². The van der Waals surface area contributed by atoms with Crippen LogP contribution in [0.1, 0.15) is 36.2 Å². The number of carbonyl (C=O) groups is 1. The Morgan fingerprint density at radius 3 is 2.68 bits per heavy atom. The molecule has 0 aliphatic heterocycles. The van der Waals surface area contributed by atoms with Crippen molar-refractivity contribution in [1.29, 1.82) is 0 Å². The van der Waals surface area contributed by atoms with E-state index in [0.717, 1.165) is 48.2 Å². The molecule has 3 aromatic rings. The summed E-state index contributed by atoms with van der Waals surface area (Å²) >= 11 is 0. The van der Waals surface area contributed by atoms with E-state index >= 15 is 0 Å². The number of nitrogens with zero attached hydrogens (tertiary/aromatic N) is 1. The van der Waals surface area contributed by atoms with Crippen molar-refractivity contribution < 1.29 is 4.79 Å². The number of benzene rings is 2. The molecular formula is C21H23N3O. The van der Waals surface area contributed by atoms with Crippen LogP contribution in [0.25, 0.3) is 11.0 Å². The van der Waals surface area contributed by atoms with Crippen LogP contribution in [0.2, 0.25) is 0 Å². The first kappa shape index (κ1) is 15.9. The lowest BCUT2D eigenvalue weighted by molar-refractivity contribution is -0.122. The van der Waals surface area contributed by atoms with Gasteiger partial charge in [-0.3, -0.25) is 4.79 Å². The van der Waals surface area contributed by atoms with Crippen LogP contribution in [0.3, 0.4) is 0 Å². The zero-order valence-corrected chi connectivity index (χ0v) is 14.5. The summed E-state index contributed by atoms with van der Waals surface area (Å²) in [6, 6.07) is 14.4. The summed E-state index contributed by atoms with van der Waals surface area (Å²) in [5.41, 5.74) is 5.50. The van der Waals surface area contributed by atoms with Crippen LogP contribution in [0.15, 0.2) is 42.5 Å². The van der Waals surface area contributed by atoms with Crippen LogP contribution in [0.5, 0.6) is 0 Å². The number of anilines is 1. The molecule has 0 atom stereocenters. The summed E-state index contributed by atoms with van der Waals surface area (Å²) in [4.78, 5) is 20.0. The fraction of sp³-hybridized carbons (Fsp3) is 0.333. The molecular weight excluding hydrogens is 310 g/mol. The minimum atomic E-state index is 0.163. The number of imidazole rings is 1. The minimum absolute atomic E-state index is 0.163. The highest BCUT2D eigenvalue weighted by Crippen LogP contribution is 2.27. The molecule has 0 bridgehead atoms. The molecule has 4 heteroatoms. The summed E-state index contributed by atoms with van der Waals surface area (Å²) in [6.07, 6.45) is 5.04. The number of H-pyrrole nitrogens is 1. The van der Waals surface area contributed by atoms with Gasteiger partial charge in [-0.1, -0.05) is 24.6 Å². The molecule has 0 saturated heterocycles. The molecule has 2 N–H and O–H groups in total. The molecule has 1 aromatic heterocycles. The van der Waals surface area contributed by atoms with Gasteiger partial charge >= 0.3 is 0 Å². The highest BCUT2D eigenvalue weighted by Gasteiger charge is 2.24. The summed E-state index contributed by atoms with van der Waals surface area (Å²) in [5.74, 6) is 1.40. The lowest BCUT2D eigenvalue weighted by Gasteiger charge is -2.24. The van der Waals surface area contributed by atoms with E-state index in [1.54, 1.807) is 0 Å². The van der Waals surface area contributed by atoms with Crippen LogP contribution in [0.4, 0.5) is 5.69 Å². The maximum Gasteiger partial charge on any atom is 0.227 e. The monoisotopic (exact) mass is 333 g/mol. The van der Waals surface area contributed by atoms with Crippen LogP contribution in [-0.2, 0) is 17.6 Å². The van der Waals surface area contributed by atoms with Gasteiger partial charge < -0.3 is 10.3 Å². The first-order valence-electron chi connectivity index (χ1n) is 9.02.